The fourth-order valence-electron chi connectivity index (χ4n) is 2.93. The number of imidazole rings is 1. The molecule has 2 heterocycles. The Bertz CT molecular complexity index is 605. The van der Waals surface area contributed by atoms with Crippen LogP contribution in [0, 0.1) is 5.92 Å². The fourth-order valence-corrected chi connectivity index (χ4v) is 2.93. The van der Waals surface area contributed by atoms with Crippen molar-refractivity contribution in [3.05, 3.63) is 18.2 Å². The van der Waals surface area contributed by atoms with Crippen LogP contribution in [-0.4, -0.2) is 28.7 Å². The number of ether oxygens (including phenoxy) is 1. The number of nitrogens with two attached hydrogens (primary N) is 1. The van der Waals surface area contributed by atoms with E-state index in [0.717, 1.165) is 41.6 Å². The zero-order valence-electron chi connectivity index (χ0n) is 10.7. The van der Waals surface area contributed by atoms with Crippen molar-refractivity contribution < 1.29 is 4.74 Å². The first-order valence-corrected chi connectivity index (χ1v) is 6.93. The molecule has 0 spiro atoms. The van der Waals surface area contributed by atoms with Crippen LogP contribution in [0.5, 0.6) is 0 Å². The van der Waals surface area contributed by atoms with Crippen molar-refractivity contribution in [1.82, 2.24) is 9.97 Å². The van der Waals surface area contributed by atoms with Gasteiger partial charge in [-0.05, 0) is 43.4 Å². The lowest BCUT2D eigenvalue weighted by Gasteiger charge is -2.18. The van der Waals surface area contributed by atoms with Crippen LogP contribution >= 0.6 is 0 Å². The topological polar surface area (TPSA) is 76.0 Å². The summed E-state index contributed by atoms with van der Waals surface area (Å²) in [5, 5.41) is 3.49. The molecule has 1 aliphatic carbocycles. The standard InChI is InChI=1S/C14H18N4O/c15-9-3-4-10-12(7-9)18-14(16-10)17-11-5-6-19-13(11)8-1-2-8/h3-4,7-8,11,13H,1-2,5-6,15H2,(H2,16,17,18). The van der Waals surface area contributed by atoms with E-state index in [1.165, 1.54) is 12.8 Å². The molecule has 0 amide bonds. The molecular weight excluding hydrogens is 240 g/mol. The lowest BCUT2D eigenvalue weighted by Crippen LogP contribution is -2.31. The highest BCUT2D eigenvalue weighted by atomic mass is 16.5. The van der Waals surface area contributed by atoms with Crippen molar-refractivity contribution in [2.45, 2.75) is 31.4 Å². The Kier molecular flexibility index (Phi) is 2.41. The lowest BCUT2D eigenvalue weighted by molar-refractivity contribution is 0.0897. The van der Waals surface area contributed by atoms with E-state index in [-0.39, 0.29) is 0 Å². The van der Waals surface area contributed by atoms with Gasteiger partial charge in [-0.1, -0.05) is 0 Å². The first kappa shape index (κ1) is 11.1. The molecule has 100 valence electrons. The number of benzene rings is 1. The number of aromatic amines is 1. The van der Waals surface area contributed by atoms with Gasteiger partial charge in [-0.25, -0.2) is 4.98 Å². The number of hydrogen-bond donors (Lipinski definition) is 3. The molecule has 4 N–H and O–H groups in total. The van der Waals surface area contributed by atoms with Crippen molar-refractivity contribution in [2.75, 3.05) is 17.7 Å². The molecule has 1 aliphatic heterocycles. The normalized spacial score (nSPS) is 26.9. The van der Waals surface area contributed by atoms with Crippen molar-refractivity contribution in [2.24, 2.45) is 5.92 Å². The molecule has 2 unspecified atom stereocenters. The minimum atomic E-state index is 0.360. The molecule has 5 heteroatoms. The van der Waals surface area contributed by atoms with E-state index in [1.807, 2.05) is 18.2 Å². The summed E-state index contributed by atoms with van der Waals surface area (Å²) in [6.45, 7) is 0.853. The van der Waals surface area contributed by atoms with Crippen LogP contribution in [0.25, 0.3) is 11.0 Å². The summed E-state index contributed by atoms with van der Waals surface area (Å²) >= 11 is 0. The second-order valence-corrected chi connectivity index (χ2v) is 5.57. The van der Waals surface area contributed by atoms with Crippen molar-refractivity contribution in [1.29, 1.82) is 0 Å². The maximum Gasteiger partial charge on any atom is 0.201 e. The number of nitrogens with one attached hydrogen (secondary N) is 2. The molecule has 1 saturated heterocycles. The van der Waals surface area contributed by atoms with E-state index >= 15 is 0 Å². The zero-order chi connectivity index (χ0) is 12.8. The molecule has 19 heavy (non-hydrogen) atoms. The molecule has 1 saturated carbocycles. The van der Waals surface area contributed by atoms with Gasteiger partial charge in [-0.3, -0.25) is 0 Å². The molecule has 2 atom stereocenters. The number of nitrogens with zero attached hydrogens (tertiary/aromatic N) is 1. The summed E-state index contributed by atoms with van der Waals surface area (Å²) in [6, 6.07) is 6.11. The molecule has 2 aromatic rings. The van der Waals surface area contributed by atoms with Crippen LogP contribution in [-0.2, 0) is 4.74 Å². The summed E-state index contributed by atoms with van der Waals surface area (Å²) in [4.78, 5) is 7.84. The molecule has 4 rings (SSSR count). The van der Waals surface area contributed by atoms with Gasteiger partial charge in [0, 0.05) is 12.3 Å². The Balaban J connectivity index is 1.57. The number of anilines is 2. The van der Waals surface area contributed by atoms with Gasteiger partial charge in [-0.2, -0.15) is 0 Å². The highest BCUT2D eigenvalue weighted by Gasteiger charge is 2.40. The van der Waals surface area contributed by atoms with Crippen LogP contribution in [0.1, 0.15) is 19.3 Å². The highest BCUT2D eigenvalue weighted by molar-refractivity contribution is 5.80. The Morgan fingerprint density at radius 1 is 1.32 bits per heavy atom. The second kappa shape index (κ2) is 4.13. The molecule has 0 radical (unpaired) electrons. The molecule has 1 aromatic carbocycles. The van der Waals surface area contributed by atoms with Gasteiger partial charge >= 0.3 is 0 Å². The van der Waals surface area contributed by atoms with Crippen LogP contribution in [0.2, 0.25) is 0 Å². The quantitative estimate of drug-likeness (QED) is 0.737. The van der Waals surface area contributed by atoms with E-state index in [0.29, 0.717) is 12.1 Å². The van der Waals surface area contributed by atoms with Crippen LogP contribution in [0.4, 0.5) is 11.6 Å². The monoisotopic (exact) mass is 258 g/mol. The smallest absolute Gasteiger partial charge is 0.201 e. The Hall–Kier alpha value is -1.75. The molecular formula is C14H18N4O. The van der Waals surface area contributed by atoms with Crippen LogP contribution in [0.3, 0.4) is 0 Å². The summed E-state index contributed by atoms with van der Waals surface area (Å²) in [7, 11) is 0. The van der Waals surface area contributed by atoms with Gasteiger partial charge in [0.05, 0.1) is 23.2 Å². The summed E-state index contributed by atoms with van der Waals surface area (Å²) < 4.78 is 5.83. The molecule has 2 aliphatic rings. The summed E-state index contributed by atoms with van der Waals surface area (Å²) in [5.74, 6) is 1.57. The zero-order valence-corrected chi connectivity index (χ0v) is 10.7. The number of hydrogen-bond acceptors (Lipinski definition) is 4. The van der Waals surface area contributed by atoms with Gasteiger partial charge < -0.3 is 20.8 Å². The fraction of sp³-hybridized carbons (Fsp3) is 0.500. The lowest BCUT2D eigenvalue weighted by atomic mass is 10.1. The molecule has 2 fully saturated rings. The van der Waals surface area contributed by atoms with Crippen molar-refractivity contribution in [3.8, 4) is 0 Å². The number of H-pyrrole nitrogens is 1. The third-order valence-electron chi connectivity index (χ3n) is 4.05. The third-order valence-corrected chi connectivity index (χ3v) is 4.05. The number of fused-ring (bicyclic) bond motifs is 1. The average molecular weight is 258 g/mol. The first-order valence-electron chi connectivity index (χ1n) is 6.93. The third kappa shape index (κ3) is 2.04. The number of nitrogen functional groups attached to an aromatic ring is 1. The minimum absolute atomic E-state index is 0.360. The van der Waals surface area contributed by atoms with Gasteiger partial charge in [0.15, 0.2) is 0 Å². The number of aromatic nitrogens is 2. The highest BCUT2D eigenvalue weighted by Crippen LogP contribution is 2.39. The average Bonchev–Trinajstić information content (AvgIpc) is 3.00. The van der Waals surface area contributed by atoms with E-state index in [2.05, 4.69) is 15.3 Å². The minimum Gasteiger partial charge on any atom is -0.399 e. The predicted molar refractivity (Wildman–Crippen MR) is 75.0 cm³/mol. The van der Waals surface area contributed by atoms with Gasteiger partial charge in [0.25, 0.3) is 0 Å². The van der Waals surface area contributed by atoms with E-state index < -0.39 is 0 Å². The first-order chi connectivity index (χ1) is 9.29. The Morgan fingerprint density at radius 2 is 2.21 bits per heavy atom. The molecule has 5 nitrogen and oxygen atoms in total. The van der Waals surface area contributed by atoms with Gasteiger partial charge in [-0.15, -0.1) is 0 Å². The van der Waals surface area contributed by atoms with Gasteiger partial charge in [0.2, 0.25) is 5.95 Å². The van der Waals surface area contributed by atoms with Crippen LogP contribution < -0.4 is 11.1 Å². The van der Waals surface area contributed by atoms with Crippen LogP contribution in [0.15, 0.2) is 18.2 Å². The van der Waals surface area contributed by atoms with E-state index in [1.54, 1.807) is 0 Å². The largest absolute Gasteiger partial charge is 0.399 e. The van der Waals surface area contributed by atoms with Gasteiger partial charge in [0.1, 0.15) is 0 Å². The Labute approximate surface area is 111 Å². The molecule has 0 bridgehead atoms. The molecule has 1 aromatic heterocycles. The number of rotatable bonds is 3. The van der Waals surface area contributed by atoms with E-state index in [9.17, 15) is 0 Å². The predicted octanol–water partition coefficient (Wildman–Crippen LogP) is 2.12. The van der Waals surface area contributed by atoms with Crippen molar-refractivity contribution in [3.63, 3.8) is 0 Å². The summed E-state index contributed by atoms with van der Waals surface area (Å²) in [6.07, 6.45) is 4.03. The van der Waals surface area contributed by atoms with Crippen molar-refractivity contribution >= 4 is 22.7 Å². The summed E-state index contributed by atoms with van der Waals surface area (Å²) in [5.41, 5.74) is 8.45. The van der Waals surface area contributed by atoms with E-state index in [4.69, 9.17) is 10.5 Å². The second-order valence-electron chi connectivity index (χ2n) is 5.57. The SMILES string of the molecule is Nc1ccc2nc(NC3CCOC3C3CC3)[nH]c2c1. The Morgan fingerprint density at radius 3 is 3.05 bits per heavy atom. The maximum atomic E-state index is 5.83. The maximum absolute atomic E-state index is 5.83.